The lowest BCUT2D eigenvalue weighted by molar-refractivity contribution is -0.134. The Morgan fingerprint density at radius 3 is 2.56 bits per heavy atom. The summed E-state index contributed by atoms with van der Waals surface area (Å²) in [6.45, 7) is 3.48. The van der Waals surface area contributed by atoms with Crippen LogP contribution in [-0.2, 0) is 14.4 Å². The first-order valence-corrected chi connectivity index (χ1v) is 12.0. The number of amides is 3. The van der Waals surface area contributed by atoms with Crippen molar-refractivity contribution in [3.63, 3.8) is 0 Å². The molecule has 34 heavy (non-hydrogen) atoms. The maximum absolute atomic E-state index is 13.2. The van der Waals surface area contributed by atoms with E-state index in [1.165, 1.54) is 23.2 Å². The SMILES string of the molecule is CC(=O)N[C@H]1C[C@@H](C(=O)N(C)C)N(CC(=O)Nc2nc3ccc(C)cc3s2)[C@H]1c1ccccc1. The van der Waals surface area contributed by atoms with Gasteiger partial charge in [-0.05, 0) is 36.6 Å². The second-order valence-electron chi connectivity index (χ2n) is 8.86. The summed E-state index contributed by atoms with van der Waals surface area (Å²) in [6, 6.07) is 14.5. The van der Waals surface area contributed by atoms with Crippen molar-refractivity contribution in [3.8, 4) is 0 Å². The third-order valence-corrected chi connectivity index (χ3v) is 6.92. The van der Waals surface area contributed by atoms with E-state index in [1.807, 2.05) is 60.4 Å². The van der Waals surface area contributed by atoms with Crippen LogP contribution in [0.15, 0.2) is 48.5 Å². The molecule has 0 radical (unpaired) electrons. The lowest BCUT2D eigenvalue weighted by atomic mass is 9.99. The highest BCUT2D eigenvalue weighted by Gasteiger charge is 2.46. The molecular formula is C25H29N5O3S. The average molecular weight is 480 g/mol. The summed E-state index contributed by atoms with van der Waals surface area (Å²) >= 11 is 1.42. The molecule has 1 aromatic heterocycles. The molecule has 178 valence electrons. The number of likely N-dealkylation sites (N-methyl/N-ethyl adjacent to an activating group) is 1. The molecule has 4 rings (SSSR count). The summed E-state index contributed by atoms with van der Waals surface area (Å²) in [4.78, 5) is 46.1. The van der Waals surface area contributed by atoms with Crippen LogP contribution in [0.25, 0.3) is 10.2 Å². The fourth-order valence-electron chi connectivity index (χ4n) is 4.56. The summed E-state index contributed by atoms with van der Waals surface area (Å²) in [6.07, 6.45) is 0.420. The highest BCUT2D eigenvalue weighted by atomic mass is 32.1. The molecular weight excluding hydrogens is 450 g/mol. The summed E-state index contributed by atoms with van der Waals surface area (Å²) in [7, 11) is 3.40. The number of thiazole rings is 1. The van der Waals surface area contributed by atoms with E-state index in [9.17, 15) is 14.4 Å². The second kappa shape index (κ2) is 9.90. The number of carbonyl (C=O) groups is 3. The molecule has 0 aliphatic carbocycles. The summed E-state index contributed by atoms with van der Waals surface area (Å²) in [5.74, 6) is -0.521. The average Bonchev–Trinajstić information content (AvgIpc) is 3.33. The number of hydrogen-bond donors (Lipinski definition) is 2. The van der Waals surface area contributed by atoms with Crippen LogP contribution in [0, 0.1) is 6.92 Å². The number of anilines is 1. The Labute approximate surface area is 203 Å². The Balaban J connectivity index is 1.62. The molecule has 0 bridgehead atoms. The van der Waals surface area contributed by atoms with E-state index in [2.05, 4.69) is 15.6 Å². The van der Waals surface area contributed by atoms with E-state index in [0.717, 1.165) is 21.3 Å². The molecule has 3 atom stereocenters. The number of hydrogen-bond acceptors (Lipinski definition) is 6. The van der Waals surface area contributed by atoms with Crippen molar-refractivity contribution in [2.75, 3.05) is 26.0 Å². The Morgan fingerprint density at radius 2 is 1.88 bits per heavy atom. The molecule has 2 N–H and O–H groups in total. The Hall–Kier alpha value is -3.30. The van der Waals surface area contributed by atoms with Crippen LogP contribution >= 0.6 is 11.3 Å². The van der Waals surface area contributed by atoms with Crippen LogP contribution in [0.5, 0.6) is 0 Å². The van der Waals surface area contributed by atoms with E-state index in [0.29, 0.717) is 11.6 Å². The quantitative estimate of drug-likeness (QED) is 0.567. The van der Waals surface area contributed by atoms with Gasteiger partial charge in [-0.2, -0.15) is 0 Å². The number of likely N-dealkylation sites (tertiary alicyclic amines) is 1. The van der Waals surface area contributed by atoms with Crippen LogP contribution in [0.2, 0.25) is 0 Å². The van der Waals surface area contributed by atoms with Gasteiger partial charge in [-0.3, -0.25) is 19.3 Å². The van der Waals surface area contributed by atoms with Crippen LogP contribution in [0.1, 0.15) is 30.5 Å². The Kier molecular flexibility index (Phi) is 6.95. The second-order valence-corrected chi connectivity index (χ2v) is 9.89. The Bertz CT molecular complexity index is 1210. The largest absolute Gasteiger partial charge is 0.352 e. The lowest BCUT2D eigenvalue weighted by Gasteiger charge is -2.31. The molecule has 9 heteroatoms. The summed E-state index contributed by atoms with van der Waals surface area (Å²) in [5, 5.41) is 6.43. The number of nitrogens with one attached hydrogen (secondary N) is 2. The van der Waals surface area contributed by atoms with Gasteiger partial charge in [0.25, 0.3) is 0 Å². The van der Waals surface area contributed by atoms with Crippen molar-refractivity contribution in [1.29, 1.82) is 0 Å². The van der Waals surface area contributed by atoms with Gasteiger partial charge in [-0.25, -0.2) is 4.98 Å². The monoisotopic (exact) mass is 479 g/mol. The molecule has 2 heterocycles. The molecule has 0 unspecified atom stereocenters. The first kappa shape index (κ1) is 23.8. The van der Waals surface area contributed by atoms with Gasteiger partial charge in [0.2, 0.25) is 17.7 Å². The number of carbonyl (C=O) groups excluding carboxylic acids is 3. The van der Waals surface area contributed by atoms with Crippen LogP contribution in [-0.4, -0.2) is 65.2 Å². The number of nitrogens with zero attached hydrogens (tertiary/aromatic N) is 3. The molecule has 1 aliphatic heterocycles. The fourth-order valence-corrected chi connectivity index (χ4v) is 5.54. The first-order valence-electron chi connectivity index (χ1n) is 11.2. The predicted octanol–water partition coefficient (Wildman–Crippen LogP) is 2.95. The predicted molar refractivity (Wildman–Crippen MR) is 134 cm³/mol. The number of fused-ring (bicyclic) bond motifs is 1. The van der Waals surface area contributed by atoms with Crippen LogP contribution in [0.3, 0.4) is 0 Å². The summed E-state index contributed by atoms with van der Waals surface area (Å²) < 4.78 is 1.00. The van der Waals surface area contributed by atoms with Crippen LogP contribution in [0.4, 0.5) is 5.13 Å². The van der Waals surface area contributed by atoms with Crippen molar-refractivity contribution in [2.24, 2.45) is 0 Å². The fraction of sp³-hybridized carbons (Fsp3) is 0.360. The molecule has 1 aliphatic rings. The molecule has 1 fully saturated rings. The van der Waals surface area contributed by atoms with Gasteiger partial charge in [0, 0.05) is 21.0 Å². The van der Waals surface area contributed by atoms with Gasteiger partial charge in [0.1, 0.15) is 0 Å². The summed E-state index contributed by atoms with van der Waals surface area (Å²) in [5.41, 5.74) is 2.91. The van der Waals surface area contributed by atoms with Crippen LogP contribution < -0.4 is 10.6 Å². The molecule has 2 aromatic carbocycles. The number of rotatable bonds is 6. The van der Waals surface area contributed by atoms with E-state index >= 15 is 0 Å². The molecule has 1 saturated heterocycles. The van der Waals surface area contributed by atoms with E-state index in [4.69, 9.17) is 0 Å². The van der Waals surface area contributed by atoms with Gasteiger partial charge in [0.15, 0.2) is 5.13 Å². The van der Waals surface area contributed by atoms with E-state index in [1.54, 1.807) is 14.1 Å². The molecule has 3 amide bonds. The maximum atomic E-state index is 13.2. The maximum Gasteiger partial charge on any atom is 0.240 e. The highest BCUT2D eigenvalue weighted by molar-refractivity contribution is 7.22. The molecule has 8 nitrogen and oxygen atoms in total. The Morgan fingerprint density at radius 1 is 1.15 bits per heavy atom. The number of aryl methyl sites for hydroxylation is 1. The first-order chi connectivity index (χ1) is 16.2. The third-order valence-electron chi connectivity index (χ3n) is 5.99. The lowest BCUT2D eigenvalue weighted by Crippen LogP contribution is -2.46. The normalized spacial score (nSPS) is 20.3. The van der Waals surface area contributed by atoms with E-state index in [-0.39, 0.29) is 36.3 Å². The van der Waals surface area contributed by atoms with E-state index < -0.39 is 6.04 Å². The van der Waals surface area contributed by atoms with Gasteiger partial charge < -0.3 is 15.5 Å². The molecule has 3 aromatic rings. The van der Waals surface area contributed by atoms with Crippen molar-refractivity contribution in [1.82, 2.24) is 20.1 Å². The molecule has 0 spiro atoms. The zero-order valence-electron chi connectivity index (χ0n) is 19.7. The van der Waals surface area contributed by atoms with Crippen molar-refractivity contribution in [2.45, 2.75) is 38.4 Å². The van der Waals surface area contributed by atoms with Crippen molar-refractivity contribution in [3.05, 3.63) is 59.7 Å². The minimum absolute atomic E-state index is 0.00511. The van der Waals surface area contributed by atoms with Gasteiger partial charge in [0.05, 0.1) is 34.9 Å². The smallest absolute Gasteiger partial charge is 0.240 e. The molecule has 0 saturated carbocycles. The number of aromatic nitrogens is 1. The highest BCUT2D eigenvalue weighted by Crippen LogP contribution is 2.37. The zero-order valence-corrected chi connectivity index (χ0v) is 20.6. The van der Waals surface area contributed by atoms with Gasteiger partial charge >= 0.3 is 0 Å². The topological polar surface area (TPSA) is 94.6 Å². The standard InChI is InChI=1S/C25H29N5O3S/c1-15-10-11-18-21(12-15)34-25(27-18)28-22(32)14-30-20(24(33)29(3)4)13-19(26-16(2)31)23(30)17-8-6-5-7-9-17/h5-12,19-20,23H,13-14H2,1-4H3,(H,26,31)(H,27,28,32)/t19-,20-,23-/m0/s1. The minimum atomic E-state index is -0.541. The third kappa shape index (κ3) is 5.10. The van der Waals surface area contributed by atoms with Crippen molar-refractivity contribution < 1.29 is 14.4 Å². The van der Waals surface area contributed by atoms with Gasteiger partial charge in [-0.1, -0.05) is 47.7 Å². The van der Waals surface area contributed by atoms with Crippen molar-refractivity contribution >= 4 is 44.4 Å². The zero-order chi connectivity index (χ0) is 24.4. The number of benzene rings is 2. The minimum Gasteiger partial charge on any atom is -0.352 e. The van der Waals surface area contributed by atoms with Gasteiger partial charge in [-0.15, -0.1) is 0 Å².